The summed E-state index contributed by atoms with van der Waals surface area (Å²) in [6, 6.07) is 7.87. The van der Waals surface area contributed by atoms with Gasteiger partial charge in [0.1, 0.15) is 5.75 Å². The quantitative estimate of drug-likeness (QED) is 0.641. The van der Waals surface area contributed by atoms with Gasteiger partial charge in [-0.3, -0.25) is 4.79 Å². The van der Waals surface area contributed by atoms with E-state index in [-0.39, 0.29) is 5.78 Å². The zero-order valence-corrected chi connectivity index (χ0v) is 13.3. The van der Waals surface area contributed by atoms with Crippen molar-refractivity contribution >= 4 is 5.78 Å². The van der Waals surface area contributed by atoms with Crippen LogP contribution in [0.5, 0.6) is 5.75 Å². The van der Waals surface area contributed by atoms with Crippen LogP contribution in [0.1, 0.15) is 46.8 Å². The molecule has 1 aromatic carbocycles. The highest BCUT2D eigenvalue weighted by atomic mass is 16.5. The molecule has 3 nitrogen and oxygen atoms in total. The second-order valence-electron chi connectivity index (χ2n) is 5.96. The molecular weight excluding hydrogens is 274 g/mol. The zero-order valence-electron chi connectivity index (χ0n) is 13.3. The molecule has 0 amide bonds. The Morgan fingerprint density at radius 2 is 1.95 bits per heavy atom. The fraction of sp³-hybridized carbons (Fsp3) is 0.368. The number of nitrogens with zero attached hydrogens (tertiary/aromatic N) is 1. The molecule has 1 heterocycles. The van der Waals surface area contributed by atoms with Crippen molar-refractivity contribution < 1.29 is 14.1 Å². The van der Waals surface area contributed by atoms with Crippen molar-refractivity contribution in [1.82, 2.24) is 0 Å². The number of Topliss-reactive ketones (excluding diaryl/α,β-unsaturated/α-hetero) is 1. The molecule has 3 rings (SSSR count). The number of hydrogen-bond acceptors (Lipinski definition) is 2. The van der Waals surface area contributed by atoms with E-state index in [1.807, 2.05) is 18.2 Å². The average Bonchev–Trinajstić information content (AvgIpc) is 2.54. The fourth-order valence-electron chi connectivity index (χ4n) is 3.13. The fourth-order valence-corrected chi connectivity index (χ4v) is 3.13. The van der Waals surface area contributed by atoms with Gasteiger partial charge in [-0.05, 0) is 56.4 Å². The smallest absolute Gasteiger partial charge is 0.177 e. The highest BCUT2D eigenvalue weighted by molar-refractivity contribution is 5.94. The van der Waals surface area contributed by atoms with E-state index in [1.54, 1.807) is 14.0 Å². The van der Waals surface area contributed by atoms with Crippen LogP contribution in [-0.2, 0) is 19.4 Å². The van der Waals surface area contributed by atoms with Crippen molar-refractivity contribution in [2.75, 3.05) is 7.11 Å². The van der Waals surface area contributed by atoms with Gasteiger partial charge >= 0.3 is 0 Å². The predicted octanol–water partition coefficient (Wildman–Crippen LogP) is 3.11. The number of ketones is 1. The lowest BCUT2D eigenvalue weighted by Crippen LogP contribution is -2.35. The van der Waals surface area contributed by atoms with Crippen molar-refractivity contribution in [3.8, 4) is 5.75 Å². The Bertz CT molecular complexity index is 707. The van der Waals surface area contributed by atoms with E-state index in [0.717, 1.165) is 23.4 Å². The average molecular weight is 296 g/mol. The molecule has 3 heteroatoms. The molecule has 22 heavy (non-hydrogen) atoms. The van der Waals surface area contributed by atoms with Gasteiger partial charge in [0.15, 0.2) is 24.7 Å². The molecule has 114 valence electrons. The third-order valence-corrected chi connectivity index (χ3v) is 4.38. The lowest BCUT2D eigenvalue weighted by Gasteiger charge is -2.14. The Labute approximate surface area is 131 Å². The molecule has 0 unspecified atom stereocenters. The number of aryl methyl sites for hydroxylation is 2. The Morgan fingerprint density at radius 3 is 2.68 bits per heavy atom. The van der Waals surface area contributed by atoms with E-state index in [9.17, 15) is 4.79 Å². The predicted molar refractivity (Wildman–Crippen MR) is 85.4 cm³/mol. The summed E-state index contributed by atoms with van der Waals surface area (Å²) in [6.07, 6.45) is 9.31. The molecule has 0 aliphatic heterocycles. The van der Waals surface area contributed by atoms with E-state index in [2.05, 4.69) is 23.0 Å². The van der Waals surface area contributed by atoms with Crippen LogP contribution < -0.4 is 9.30 Å². The van der Waals surface area contributed by atoms with Crippen molar-refractivity contribution in [2.45, 2.75) is 39.2 Å². The van der Waals surface area contributed by atoms with Gasteiger partial charge in [0.05, 0.1) is 12.7 Å². The molecule has 0 spiro atoms. The number of methoxy groups -OCH3 is 1. The van der Waals surface area contributed by atoms with Gasteiger partial charge in [0, 0.05) is 17.2 Å². The molecule has 0 saturated heterocycles. The van der Waals surface area contributed by atoms with Gasteiger partial charge in [-0.15, -0.1) is 0 Å². The zero-order chi connectivity index (χ0) is 15.5. The highest BCUT2D eigenvalue weighted by Gasteiger charge is 2.16. The summed E-state index contributed by atoms with van der Waals surface area (Å²) in [7, 11) is 1.67. The number of aromatic nitrogens is 1. The number of ether oxygens (including phenoxy) is 1. The van der Waals surface area contributed by atoms with Gasteiger partial charge in [0.25, 0.3) is 0 Å². The van der Waals surface area contributed by atoms with Crippen LogP contribution in [-0.4, -0.2) is 12.9 Å². The van der Waals surface area contributed by atoms with Gasteiger partial charge in [0.2, 0.25) is 0 Å². The molecule has 0 N–H and O–H groups in total. The van der Waals surface area contributed by atoms with E-state index < -0.39 is 0 Å². The SMILES string of the molecule is COc1ccc(C(C)=O)cc1C[n+]1ccc2c(c1)CCCC2. The third-order valence-electron chi connectivity index (χ3n) is 4.38. The molecule has 1 aromatic heterocycles. The lowest BCUT2D eigenvalue weighted by atomic mass is 9.93. The monoisotopic (exact) mass is 296 g/mol. The maximum atomic E-state index is 11.6. The van der Waals surface area contributed by atoms with Crippen molar-refractivity contribution in [3.63, 3.8) is 0 Å². The van der Waals surface area contributed by atoms with Crippen LogP contribution in [0.4, 0.5) is 0 Å². The van der Waals surface area contributed by atoms with Crippen molar-refractivity contribution in [1.29, 1.82) is 0 Å². The molecule has 1 aliphatic carbocycles. The minimum absolute atomic E-state index is 0.0827. The molecule has 0 saturated carbocycles. The maximum Gasteiger partial charge on any atom is 0.177 e. The number of pyridine rings is 1. The Balaban J connectivity index is 1.91. The standard InChI is InChI=1S/C19H22NO2/c1-14(21)16-7-8-19(22-2)18(11-16)13-20-10-9-15-5-3-4-6-17(15)12-20/h7-12H,3-6,13H2,1-2H3/q+1. The molecular formula is C19H22NO2+. The number of hydrogen-bond donors (Lipinski definition) is 0. The van der Waals surface area contributed by atoms with Crippen LogP contribution >= 0.6 is 0 Å². The Kier molecular flexibility index (Phi) is 4.23. The van der Waals surface area contributed by atoms with Crippen LogP contribution in [0.2, 0.25) is 0 Å². The van der Waals surface area contributed by atoms with E-state index in [4.69, 9.17) is 4.74 Å². The summed E-state index contributed by atoms with van der Waals surface area (Å²) < 4.78 is 7.63. The van der Waals surface area contributed by atoms with E-state index in [0.29, 0.717) is 0 Å². The van der Waals surface area contributed by atoms with E-state index >= 15 is 0 Å². The molecule has 1 aliphatic rings. The van der Waals surface area contributed by atoms with Crippen LogP contribution in [0.15, 0.2) is 36.7 Å². The summed E-state index contributed by atoms with van der Waals surface area (Å²) in [5.74, 6) is 0.912. The molecule has 0 fully saturated rings. The highest BCUT2D eigenvalue weighted by Crippen LogP contribution is 2.22. The summed E-state index contributed by atoms with van der Waals surface area (Å²) >= 11 is 0. The second-order valence-corrected chi connectivity index (χ2v) is 5.96. The Hall–Kier alpha value is -2.16. The summed E-state index contributed by atoms with van der Waals surface area (Å²) in [4.78, 5) is 11.6. The number of rotatable bonds is 4. The van der Waals surface area contributed by atoms with Crippen LogP contribution in [0.25, 0.3) is 0 Å². The first-order valence-electron chi connectivity index (χ1n) is 7.86. The van der Waals surface area contributed by atoms with Gasteiger partial charge in [-0.25, -0.2) is 4.57 Å². The normalized spacial score (nSPS) is 13.5. The largest absolute Gasteiger partial charge is 0.496 e. The number of carbonyl (C=O) groups is 1. The summed E-state index contributed by atoms with van der Waals surface area (Å²) in [5, 5.41) is 0. The summed E-state index contributed by atoms with van der Waals surface area (Å²) in [5.41, 5.74) is 4.70. The first-order valence-corrected chi connectivity index (χ1v) is 7.86. The molecule has 0 bridgehead atoms. The van der Waals surface area contributed by atoms with Gasteiger partial charge in [-0.1, -0.05) is 0 Å². The van der Waals surface area contributed by atoms with E-state index in [1.165, 1.54) is 36.8 Å². The van der Waals surface area contributed by atoms with Gasteiger partial charge < -0.3 is 4.74 Å². The van der Waals surface area contributed by atoms with Crippen LogP contribution in [0.3, 0.4) is 0 Å². The van der Waals surface area contributed by atoms with Crippen LogP contribution in [0, 0.1) is 0 Å². The minimum Gasteiger partial charge on any atom is -0.496 e. The number of fused-ring (bicyclic) bond motifs is 1. The lowest BCUT2D eigenvalue weighted by molar-refractivity contribution is -0.688. The van der Waals surface area contributed by atoms with Gasteiger partial charge in [-0.2, -0.15) is 0 Å². The first kappa shape index (κ1) is 14.8. The second kappa shape index (κ2) is 6.30. The maximum absolute atomic E-state index is 11.6. The van der Waals surface area contributed by atoms with Crippen molar-refractivity contribution in [3.05, 3.63) is 58.9 Å². The number of benzene rings is 1. The third kappa shape index (κ3) is 3.03. The topological polar surface area (TPSA) is 30.2 Å². The summed E-state index contributed by atoms with van der Waals surface area (Å²) in [6.45, 7) is 2.31. The molecule has 0 atom stereocenters. The number of carbonyl (C=O) groups excluding carboxylic acids is 1. The first-order chi connectivity index (χ1) is 10.7. The molecule has 0 radical (unpaired) electrons. The molecule has 2 aromatic rings. The van der Waals surface area contributed by atoms with Crippen molar-refractivity contribution in [2.24, 2.45) is 0 Å². The Morgan fingerprint density at radius 1 is 1.18 bits per heavy atom. The minimum atomic E-state index is 0.0827.